The fraction of sp³-hybridized carbons (Fsp3) is 0.250. The maximum Gasteiger partial charge on any atom is 0.224 e. The lowest BCUT2D eigenvalue weighted by molar-refractivity contribution is -0.120. The van der Waals surface area contributed by atoms with Crippen LogP contribution in [-0.4, -0.2) is 18.0 Å². The minimum atomic E-state index is -0.0844. The number of carbonyl (C=O) groups excluding carboxylic acids is 1. The Bertz CT molecular complexity index is 630. The number of nitrogens with zero attached hydrogens (tertiary/aromatic N) is 1. The van der Waals surface area contributed by atoms with Crippen molar-refractivity contribution in [1.29, 1.82) is 0 Å². The van der Waals surface area contributed by atoms with Crippen LogP contribution in [-0.2, 0) is 17.8 Å². The van der Waals surface area contributed by atoms with Gasteiger partial charge in [-0.2, -0.15) is 0 Å². The van der Waals surface area contributed by atoms with Gasteiger partial charge in [-0.25, -0.2) is 0 Å². The van der Waals surface area contributed by atoms with Crippen LogP contribution < -0.4 is 10.1 Å². The second-order valence-electron chi connectivity index (χ2n) is 4.73. The first-order valence-electron chi connectivity index (χ1n) is 6.58. The number of nitrogens with one attached hydrogen (secondary N) is 1. The molecule has 0 aliphatic rings. The highest BCUT2D eigenvalue weighted by atomic mass is 35.5. The van der Waals surface area contributed by atoms with Gasteiger partial charge in [0.25, 0.3) is 0 Å². The van der Waals surface area contributed by atoms with Crippen molar-refractivity contribution in [3.05, 3.63) is 58.4 Å². The molecule has 1 aromatic carbocycles. The van der Waals surface area contributed by atoms with Gasteiger partial charge in [0.15, 0.2) is 0 Å². The number of ether oxygens (including phenoxy) is 1. The number of pyridine rings is 1. The van der Waals surface area contributed by atoms with E-state index in [-0.39, 0.29) is 12.3 Å². The number of amides is 1. The van der Waals surface area contributed by atoms with E-state index in [9.17, 15) is 4.79 Å². The number of aryl methyl sites for hydroxylation is 1. The highest BCUT2D eigenvalue weighted by molar-refractivity contribution is 6.30. The summed E-state index contributed by atoms with van der Waals surface area (Å²) in [6.07, 6.45) is 3.65. The van der Waals surface area contributed by atoms with Gasteiger partial charge < -0.3 is 10.1 Å². The summed E-state index contributed by atoms with van der Waals surface area (Å²) >= 11 is 6.04. The van der Waals surface area contributed by atoms with E-state index in [4.69, 9.17) is 16.3 Å². The Morgan fingerprint density at radius 1 is 1.43 bits per heavy atom. The summed E-state index contributed by atoms with van der Waals surface area (Å²) in [6, 6.07) is 7.33. The fourth-order valence-electron chi connectivity index (χ4n) is 2.16. The molecule has 110 valence electrons. The molecular weight excluding hydrogens is 288 g/mol. The van der Waals surface area contributed by atoms with Gasteiger partial charge in [-0.15, -0.1) is 0 Å². The zero-order chi connectivity index (χ0) is 15.2. The van der Waals surface area contributed by atoms with Gasteiger partial charge >= 0.3 is 0 Å². The van der Waals surface area contributed by atoms with Crippen molar-refractivity contribution < 1.29 is 9.53 Å². The molecule has 21 heavy (non-hydrogen) atoms. The van der Waals surface area contributed by atoms with Gasteiger partial charge in [-0.3, -0.25) is 9.78 Å². The smallest absolute Gasteiger partial charge is 0.224 e. The first-order chi connectivity index (χ1) is 10.1. The predicted octanol–water partition coefficient (Wildman–Crippen LogP) is 2.91. The summed E-state index contributed by atoms with van der Waals surface area (Å²) < 4.78 is 5.35. The maximum atomic E-state index is 12.0. The standard InChI is InChI=1S/C16H17ClN2O2/c1-11-6-14(17)7-13(16(11)21-2)8-15(20)19-10-12-4-3-5-18-9-12/h3-7,9H,8,10H2,1-2H3,(H,19,20). The van der Waals surface area contributed by atoms with Crippen molar-refractivity contribution in [2.45, 2.75) is 19.9 Å². The molecule has 2 aromatic rings. The van der Waals surface area contributed by atoms with E-state index >= 15 is 0 Å². The van der Waals surface area contributed by atoms with Crippen molar-refractivity contribution in [3.8, 4) is 5.75 Å². The van der Waals surface area contributed by atoms with Crippen molar-refractivity contribution in [1.82, 2.24) is 10.3 Å². The van der Waals surface area contributed by atoms with Gasteiger partial charge in [-0.05, 0) is 36.2 Å². The molecule has 5 heteroatoms. The monoisotopic (exact) mass is 304 g/mol. The van der Waals surface area contributed by atoms with E-state index in [0.29, 0.717) is 17.3 Å². The molecular formula is C16H17ClN2O2. The number of carbonyl (C=O) groups is 1. The third-order valence-corrected chi connectivity index (χ3v) is 3.30. The van der Waals surface area contributed by atoms with E-state index < -0.39 is 0 Å². The van der Waals surface area contributed by atoms with Crippen LogP contribution in [0.1, 0.15) is 16.7 Å². The molecule has 0 fully saturated rings. The summed E-state index contributed by atoms with van der Waals surface area (Å²) in [6.45, 7) is 2.36. The van der Waals surface area contributed by atoms with Gasteiger partial charge in [0.2, 0.25) is 5.91 Å². The van der Waals surface area contributed by atoms with E-state index in [1.54, 1.807) is 25.6 Å². The third kappa shape index (κ3) is 4.20. The predicted molar refractivity (Wildman–Crippen MR) is 82.5 cm³/mol. The highest BCUT2D eigenvalue weighted by Crippen LogP contribution is 2.27. The SMILES string of the molecule is COc1c(C)cc(Cl)cc1CC(=O)NCc1cccnc1. The van der Waals surface area contributed by atoms with Crippen LogP contribution >= 0.6 is 11.6 Å². The third-order valence-electron chi connectivity index (χ3n) is 3.08. The van der Waals surface area contributed by atoms with E-state index in [2.05, 4.69) is 10.3 Å². The molecule has 0 aliphatic heterocycles. The molecule has 1 aromatic heterocycles. The summed E-state index contributed by atoms with van der Waals surface area (Å²) in [5.74, 6) is 0.620. The number of hydrogen-bond acceptors (Lipinski definition) is 3. The zero-order valence-electron chi connectivity index (χ0n) is 12.0. The van der Waals surface area contributed by atoms with Crippen LogP contribution in [0, 0.1) is 6.92 Å². The van der Waals surface area contributed by atoms with Gasteiger partial charge in [0.05, 0.1) is 13.5 Å². The molecule has 1 N–H and O–H groups in total. The van der Waals surface area contributed by atoms with Crippen LogP contribution in [0.4, 0.5) is 0 Å². The van der Waals surface area contributed by atoms with Crippen LogP contribution in [0.2, 0.25) is 5.02 Å². The maximum absolute atomic E-state index is 12.0. The van der Waals surface area contributed by atoms with Gasteiger partial charge in [0.1, 0.15) is 5.75 Å². The first-order valence-corrected chi connectivity index (χ1v) is 6.96. The minimum Gasteiger partial charge on any atom is -0.496 e. The molecule has 0 aliphatic carbocycles. The van der Waals surface area contributed by atoms with Crippen LogP contribution in [0.15, 0.2) is 36.7 Å². The second kappa shape index (κ2) is 7.09. The van der Waals surface area contributed by atoms with Crippen molar-refractivity contribution in [2.24, 2.45) is 0 Å². The molecule has 0 saturated carbocycles. The van der Waals surface area contributed by atoms with E-state index in [1.165, 1.54) is 0 Å². The second-order valence-corrected chi connectivity index (χ2v) is 5.17. The molecule has 0 radical (unpaired) electrons. The minimum absolute atomic E-state index is 0.0844. The van der Waals surface area contributed by atoms with Crippen molar-refractivity contribution in [3.63, 3.8) is 0 Å². The molecule has 1 heterocycles. The number of methoxy groups -OCH3 is 1. The first kappa shape index (κ1) is 15.3. The van der Waals surface area contributed by atoms with Crippen LogP contribution in [0.3, 0.4) is 0 Å². The molecule has 4 nitrogen and oxygen atoms in total. The number of aromatic nitrogens is 1. The average Bonchev–Trinajstić information content (AvgIpc) is 2.46. The van der Waals surface area contributed by atoms with Crippen molar-refractivity contribution in [2.75, 3.05) is 7.11 Å². The van der Waals surface area contributed by atoms with Gasteiger partial charge in [-0.1, -0.05) is 17.7 Å². The Hall–Kier alpha value is -2.07. The fourth-order valence-corrected chi connectivity index (χ4v) is 2.46. The lowest BCUT2D eigenvalue weighted by Crippen LogP contribution is -2.24. The number of halogens is 1. The summed E-state index contributed by atoms with van der Waals surface area (Å²) in [7, 11) is 1.59. The van der Waals surface area contributed by atoms with E-state index in [0.717, 1.165) is 16.7 Å². The summed E-state index contributed by atoms with van der Waals surface area (Å²) in [4.78, 5) is 16.1. The molecule has 0 spiro atoms. The number of rotatable bonds is 5. The molecule has 0 unspecified atom stereocenters. The number of hydrogen-bond donors (Lipinski definition) is 1. The Balaban J connectivity index is 2.03. The van der Waals surface area contributed by atoms with Crippen LogP contribution in [0.25, 0.3) is 0 Å². The molecule has 2 rings (SSSR count). The van der Waals surface area contributed by atoms with Crippen LogP contribution in [0.5, 0.6) is 5.75 Å². The molecule has 0 atom stereocenters. The molecule has 0 saturated heterocycles. The topological polar surface area (TPSA) is 51.2 Å². The lowest BCUT2D eigenvalue weighted by atomic mass is 10.1. The lowest BCUT2D eigenvalue weighted by Gasteiger charge is -2.12. The normalized spacial score (nSPS) is 10.2. The average molecular weight is 305 g/mol. The van der Waals surface area contributed by atoms with Crippen molar-refractivity contribution >= 4 is 17.5 Å². The van der Waals surface area contributed by atoms with E-state index in [1.807, 2.05) is 25.1 Å². The Morgan fingerprint density at radius 2 is 2.24 bits per heavy atom. The Kier molecular flexibility index (Phi) is 5.17. The summed E-state index contributed by atoms with van der Waals surface area (Å²) in [5.41, 5.74) is 2.66. The highest BCUT2D eigenvalue weighted by Gasteiger charge is 2.12. The van der Waals surface area contributed by atoms with Gasteiger partial charge in [0, 0.05) is 29.5 Å². The molecule has 1 amide bonds. The Labute approximate surface area is 129 Å². The largest absolute Gasteiger partial charge is 0.496 e. The quantitative estimate of drug-likeness (QED) is 0.924. The molecule has 0 bridgehead atoms. The number of benzene rings is 1. The zero-order valence-corrected chi connectivity index (χ0v) is 12.8. The summed E-state index contributed by atoms with van der Waals surface area (Å²) in [5, 5.41) is 3.46. The Morgan fingerprint density at radius 3 is 2.90 bits per heavy atom.